The van der Waals surface area contributed by atoms with E-state index in [1.54, 1.807) is 18.3 Å². The van der Waals surface area contributed by atoms with Crippen LogP contribution in [0.2, 0.25) is 0 Å². The quantitative estimate of drug-likeness (QED) is 0.388. The van der Waals surface area contributed by atoms with Crippen LogP contribution in [-0.4, -0.2) is 41.5 Å². The average molecular weight is 574 g/mol. The lowest BCUT2D eigenvalue weighted by molar-refractivity contribution is -0.119. The molecule has 0 radical (unpaired) electrons. The Hall–Kier alpha value is -3.44. The first-order valence-electron chi connectivity index (χ1n) is 11.7. The molecule has 0 bridgehead atoms. The zero-order valence-electron chi connectivity index (χ0n) is 20.1. The molecule has 1 aliphatic rings. The summed E-state index contributed by atoms with van der Waals surface area (Å²) in [5.74, 6) is -2.03. The van der Waals surface area contributed by atoms with Crippen molar-refractivity contribution < 1.29 is 23.1 Å². The molecule has 1 aliphatic heterocycles. The molecule has 8 nitrogen and oxygen atoms in total. The maximum Gasteiger partial charge on any atom is 0.254 e. The third-order valence-electron chi connectivity index (χ3n) is 6.09. The van der Waals surface area contributed by atoms with E-state index < -0.39 is 23.6 Å². The Kier molecular flexibility index (Phi) is 8.45. The van der Waals surface area contributed by atoms with Crippen LogP contribution >= 0.6 is 15.9 Å². The van der Waals surface area contributed by atoms with Gasteiger partial charge < -0.3 is 21.1 Å². The Morgan fingerprint density at radius 3 is 2.62 bits per heavy atom. The Bertz CT molecular complexity index is 1300. The van der Waals surface area contributed by atoms with Gasteiger partial charge in [-0.2, -0.15) is 0 Å². The number of anilines is 1. The summed E-state index contributed by atoms with van der Waals surface area (Å²) >= 11 is 3.22. The second-order valence-corrected chi connectivity index (χ2v) is 9.69. The van der Waals surface area contributed by atoms with Gasteiger partial charge in [0.1, 0.15) is 23.1 Å². The minimum absolute atomic E-state index is 0.0121. The molecule has 1 aromatic heterocycles. The molecule has 194 valence electrons. The molecule has 1 atom stereocenters. The second-order valence-electron chi connectivity index (χ2n) is 8.78. The van der Waals surface area contributed by atoms with Crippen molar-refractivity contribution in [1.29, 1.82) is 0 Å². The van der Waals surface area contributed by atoms with E-state index in [0.717, 1.165) is 18.5 Å². The van der Waals surface area contributed by atoms with Gasteiger partial charge in [0.15, 0.2) is 0 Å². The number of hydrogen-bond acceptors (Lipinski definition) is 6. The molecule has 0 aliphatic carbocycles. The van der Waals surface area contributed by atoms with Gasteiger partial charge in [-0.3, -0.25) is 9.59 Å². The first-order valence-corrected chi connectivity index (χ1v) is 12.5. The molecule has 0 spiro atoms. The normalized spacial score (nSPS) is 14.7. The summed E-state index contributed by atoms with van der Waals surface area (Å²) in [6.45, 7) is 2.59. The monoisotopic (exact) mass is 573 g/mol. The molecule has 4 N–H and O–H groups in total. The lowest BCUT2D eigenvalue weighted by Gasteiger charge is -2.22. The fourth-order valence-electron chi connectivity index (χ4n) is 4.17. The van der Waals surface area contributed by atoms with E-state index in [2.05, 4.69) is 36.5 Å². The Labute approximate surface area is 221 Å². The second kappa shape index (κ2) is 11.7. The Morgan fingerprint density at radius 1 is 1.19 bits per heavy atom. The number of nitrogens with two attached hydrogens (primary N) is 1. The first kappa shape index (κ1) is 26.6. The molecule has 1 fully saturated rings. The number of ether oxygens (including phenoxy) is 1. The van der Waals surface area contributed by atoms with Gasteiger partial charge in [-0.1, -0.05) is 22.0 Å². The van der Waals surface area contributed by atoms with Crippen LogP contribution in [0, 0.1) is 11.6 Å². The largest absolute Gasteiger partial charge is 0.382 e. The van der Waals surface area contributed by atoms with Gasteiger partial charge in [0.25, 0.3) is 5.91 Å². The van der Waals surface area contributed by atoms with E-state index in [0.29, 0.717) is 34.5 Å². The summed E-state index contributed by atoms with van der Waals surface area (Å²) in [5.41, 5.74) is 7.70. The van der Waals surface area contributed by atoms with E-state index in [1.807, 2.05) is 0 Å². The number of carbonyl (C=O) groups is 2. The van der Waals surface area contributed by atoms with Gasteiger partial charge in [-0.05, 0) is 48.7 Å². The molecule has 2 aromatic carbocycles. The average Bonchev–Trinajstić information content (AvgIpc) is 2.86. The highest BCUT2D eigenvalue weighted by Crippen LogP contribution is 2.30. The van der Waals surface area contributed by atoms with Gasteiger partial charge in [0, 0.05) is 42.6 Å². The molecule has 0 saturated carbocycles. The summed E-state index contributed by atoms with van der Waals surface area (Å²) in [5, 5.41) is 5.28. The standard InChI is InChI=1S/C26H26BrF2N5O3/c1-14(35)31-12-23(17-8-18(27)11-19(28)9-17)34-26(36)20-3-2-16(10-21(20)29)24-25(30)32-13-22(33-24)15-4-6-37-7-5-15/h2-3,8-11,13,15,23H,4-7,12H2,1H3,(H2,30,32)(H,31,35)(H,34,36). The molecule has 37 heavy (non-hydrogen) atoms. The topological polar surface area (TPSA) is 119 Å². The third kappa shape index (κ3) is 6.66. The van der Waals surface area contributed by atoms with Crippen LogP contribution < -0.4 is 16.4 Å². The predicted octanol–water partition coefficient (Wildman–Crippen LogP) is 4.27. The minimum atomic E-state index is -0.805. The first-order chi connectivity index (χ1) is 17.7. The van der Waals surface area contributed by atoms with Gasteiger partial charge >= 0.3 is 0 Å². The highest BCUT2D eigenvalue weighted by Gasteiger charge is 2.22. The molecule has 4 rings (SSSR count). The van der Waals surface area contributed by atoms with Gasteiger partial charge in [0.05, 0.1) is 23.5 Å². The Balaban J connectivity index is 1.58. The molecule has 1 saturated heterocycles. The van der Waals surface area contributed by atoms with Crippen LogP contribution in [0.1, 0.15) is 53.3 Å². The zero-order chi connectivity index (χ0) is 26.5. The molecule has 2 amide bonds. The summed E-state index contributed by atoms with van der Waals surface area (Å²) in [4.78, 5) is 33.3. The van der Waals surface area contributed by atoms with E-state index in [4.69, 9.17) is 10.5 Å². The van der Waals surface area contributed by atoms with Crippen LogP contribution in [-0.2, 0) is 9.53 Å². The number of aromatic nitrogens is 2. The number of benzene rings is 2. The third-order valence-corrected chi connectivity index (χ3v) is 6.55. The fourth-order valence-corrected chi connectivity index (χ4v) is 4.65. The van der Waals surface area contributed by atoms with E-state index in [1.165, 1.54) is 31.2 Å². The van der Waals surface area contributed by atoms with Crippen molar-refractivity contribution in [3.63, 3.8) is 0 Å². The molecule has 3 aromatic rings. The van der Waals surface area contributed by atoms with Crippen molar-refractivity contribution in [2.75, 3.05) is 25.5 Å². The summed E-state index contributed by atoms with van der Waals surface area (Å²) in [6.07, 6.45) is 3.26. The van der Waals surface area contributed by atoms with E-state index in [9.17, 15) is 14.0 Å². The molecular formula is C26H26BrF2N5O3. The summed E-state index contributed by atoms with van der Waals surface area (Å²) in [6, 6.07) is 7.38. The van der Waals surface area contributed by atoms with Crippen LogP contribution in [0.15, 0.2) is 47.1 Å². The van der Waals surface area contributed by atoms with Gasteiger partial charge in [-0.25, -0.2) is 18.7 Å². The van der Waals surface area contributed by atoms with Crippen LogP contribution in [0.25, 0.3) is 11.3 Å². The van der Waals surface area contributed by atoms with Crippen molar-refractivity contribution in [3.8, 4) is 11.3 Å². The van der Waals surface area contributed by atoms with Crippen LogP contribution in [0.5, 0.6) is 0 Å². The molecule has 2 heterocycles. The highest BCUT2D eigenvalue weighted by atomic mass is 79.9. The number of nitrogens with zero attached hydrogens (tertiary/aromatic N) is 2. The summed E-state index contributed by atoms with van der Waals surface area (Å²) < 4.78 is 35.0. The highest BCUT2D eigenvalue weighted by molar-refractivity contribution is 9.10. The smallest absolute Gasteiger partial charge is 0.254 e. The molecule has 11 heteroatoms. The van der Waals surface area contributed by atoms with Crippen molar-refractivity contribution in [2.24, 2.45) is 0 Å². The van der Waals surface area contributed by atoms with Crippen molar-refractivity contribution in [1.82, 2.24) is 20.6 Å². The number of hydrogen-bond donors (Lipinski definition) is 3. The van der Waals surface area contributed by atoms with Gasteiger partial charge in [-0.15, -0.1) is 0 Å². The minimum Gasteiger partial charge on any atom is -0.382 e. The van der Waals surface area contributed by atoms with Crippen molar-refractivity contribution >= 4 is 33.6 Å². The van der Waals surface area contributed by atoms with Crippen molar-refractivity contribution in [3.05, 3.63) is 75.5 Å². The Morgan fingerprint density at radius 2 is 1.95 bits per heavy atom. The lowest BCUT2D eigenvalue weighted by atomic mass is 9.96. The number of carbonyl (C=O) groups excluding carboxylic acids is 2. The number of nitrogens with one attached hydrogen (secondary N) is 2. The van der Waals surface area contributed by atoms with Crippen LogP contribution in [0.4, 0.5) is 14.6 Å². The van der Waals surface area contributed by atoms with E-state index in [-0.39, 0.29) is 29.8 Å². The number of amides is 2. The summed E-state index contributed by atoms with van der Waals surface area (Å²) in [7, 11) is 0. The van der Waals surface area contributed by atoms with Crippen LogP contribution in [0.3, 0.4) is 0 Å². The lowest BCUT2D eigenvalue weighted by Crippen LogP contribution is -2.37. The van der Waals surface area contributed by atoms with E-state index >= 15 is 4.39 Å². The zero-order valence-corrected chi connectivity index (χ0v) is 21.6. The SMILES string of the molecule is CC(=O)NCC(NC(=O)c1ccc(-c2nc(C3CCOCC3)cnc2N)cc1F)c1cc(F)cc(Br)c1. The maximum absolute atomic E-state index is 15.2. The number of halogens is 3. The number of rotatable bonds is 7. The molecule has 1 unspecified atom stereocenters. The fraction of sp³-hybridized carbons (Fsp3) is 0.308. The predicted molar refractivity (Wildman–Crippen MR) is 138 cm³/mol. The van der Waals surface area contributed by atoms with Crippen molar-refractivity contribution in [2.45, 2.75) is 31.7 Å². The molecular weight excluding hydrogens is 548 g/mol. The maximum atomic E-state index is 15.2. The number of nitrogen functional groups attached to an aromatic ring is 1. The van der Waals surface area contributed by atoms with Gasteiger partial charge in [0.2, 0.25) is 5.91 Å².